The maximum absolute atomic E-state index is 9.42. The van der Waals surface area contributed by atoms with Crippen LogP contribution in [0.1, 0.15) is 11.3 Å². The molecule has 1 aromatic rings. The molecule has 0 aliphatic heterocycles. The van der Waals surface area contributed by atoms with Gasteiger partial charge in [0.2, 0.25) is 0 Å². The van der Waals surface area contributed by atoms with E-state index >= 15 is 0 Å². The topological polar surface area (TPSA) is 153 Å². The maximum Gasteiger partial charge on any atom is 0.109 e. The van der Waals surface area contributed by atoms with E-state index in [1.165, 1.54) is 6.20 Å². The highest BCUT2D eigenvalue weighted by Crippen LogP contribution is 2.09. The average molecular weight is 347 g/mol. The van der Waals surface area contributed by atoms with Gasteiger partial charge in [0.05, 0.1) is 45.3 Å². The van der Waals surface area contributed by atoms with Crippen molar-refractivity contribution in [3.8, 4) is 0 Å². The van der Waals surface area contributed by atoms with Gasteiger partial charge in [-0.25, -0.2) is 0 Å². The summed E-state index contributed by atoms with van der Waals surface area (Å²) in [6, 6.07) is 3.37. The number of rotatable bonds is 12. The van der Waals surface area contributed by atoms with Crippen LogP contribution in [0.4, 0.5) is 0 Å². The highest BCUT2D eigenvalue weighted by molar-refractivity contribution is 5.12. The monoisotopic (exact) mass is 347 g/mol. The van der Waals surface area contributed by atoms with E-state index in [-0.39, 0.29) is 13.2 Å². The fourth-order valence-electron chi connectivity index (χ4n) is 1.83. The Balaban J connectivity index is 2.48. The van der Waals surface area contributed by atoms with Crippen molar-refractivity contribution in [3.05, 3.63) is 29.6 Å². The zero-order valence-corrected chi connectivity index (χ0v) is 13.2. The molecule has 138 valence electrons. The summed E-state index contributed by atoms with van der Waals surface area (Å²) in [5.74, 6) is 0. The van der Waals surface area contributed by atoms with Crippen LogP contribution >= 0.6 is 0 Å². The summed E-state index contributed by atoms with van der Waals surface area (Å²) in [7, 11) is 0. The van der Waals surface area contributed by atoms with Crippen molar-refractivity contribution < 1.29 is 40.1 Å². The Kier molecular flexibility index (Phi) is 9.91. The Morgan fingerprint density at radius 1 is 0.792 bits per heavy atom. The molecule has 0 radical (unpaired) electrons. The number of aromatic nitrogens is 1. The van der Waals surface area contributed by atoms with Crippen molar-refractivity contribution in [2.45, 2.75) is 37.6 Å². The second-order valence-electron chi connectivity index (χ2n) is 5.22. The number of aliphatic hydroxyl groups excluding tert-OH is 6. The van der Waals surface area contributed by atoms with Gasteiger partial charge in [-0.2, -0.15) is 0 Å². The molecule has 0 saturated heterocycles. The molecule has 24 heavy (non-hydrogen) atoms. The van der Waals surface area contributed by atoms with E-state index in [1.807, 2.05) is 0 Å². The van der Waals surface area contributed by atoms with Crippen molar-refractivity contribution >= 4 is 0 Å². The van der Waals surface area contributed by atoms with Crippen LogP contribution in [0.3, 0.4) is 0 Å². The van der Waals surface area contributed by atoms with Crippen molar-refractivity contribution in [2.24, 2.45) is 0 Å². The first-order valence-electron chi connectivity index (χ1n) is 7.52. The van der Waals surface area contributed by atoms with Gasteiger partial charge in [-0.15, -0.1) is 0 Å². The van der Waals surface area contributed by atoms with E-state index in [0.29, 0.717) is 11.3 Å². The van der Waals surface area contributed by atoms with Crippen molar-refractivity contribution in [3.63, 3.8) is 0 Å². The van der Waals surface area contributed by atoms with Gasteiger partial charge in [0.1, 0.15) is 24.4 Å². The lowest BCUT2D eigenvalue weighted by atomic mass is 10.2. The molecule has 0 spiro atoms. The third-order valence-electron chi connectivity index (χ3n) is 3.39. The van der Waals surface area contributed by atoms with Crippen molar-refractivity contribution in [2.75, 3.05) is 26.4 Å². The second-order valence-corrected chi connectivity index (χ2v) is 5.22. The molecule has 0 fully saturated rings. The van der Waals surface area contributed by atoms with Crippen LogP contribution in [0.5, 0.6) is 0 Å². The number of nitrogens with zero attached hydrogens (tertiary/aromatic N) is 1. The Bertz CT molecular complexity index is 403. The number of hydrogen-bond donors (Lipinski definition) is 6. The van der Waals surface area contributed by atoms with Crippen LogP contribution in [-0.2, 0) is 22.7 Å². The molecule has 9 heteroatoms. The highest BCUT2D eigenvalue weighted by atomic mass is 16.5. The third kappa shape index (κ3) is 6.75. The fourth-order valence-corrected chi connectivity index (χ4v) is 1.83. The summed E-state index contributed by atoms with van der Waals surface area (Å²) in [5, 5.41) is 54.6. The van der Waals surface area contributed by atoms with Gasteiger partial charge in [-0.1, -0.05) is 6.07 Å². The fraction of sp³-hybridized carbons (Fsp3) is 0.667. The lowest BCUT2D eigenvalue weighted by molar-refractivity contribution is -0.0872. The predicted molar refractivity (Wildman–Crippen MR) is 81.7 cm³/mol. The van der Waals surface area contributed by atoms with E-state index < -0.39 is 50.8 Å². The minimum atomic E-state index is -1.17. The lowest BCUT2D eigenvalue weighted by Crippen LogP contribution is -2.35. The number of ether oxygens (including phenoxy) is 2. The van der Waals surface area contributed by atoms with Crippen LogP contribution < -0.4 is 0 Å². The summed E-state index contributed by atoms with van der Waals surface area (Å²) < 4.78 is 10.6. The molecule has 9 nitrogen and oxygen atoms in total. The van der Waals surface area contributed by atoms with E-state index in [0.717, 1.165) is 0 Å². The summed E-state index contributed by atoms with van der Waals surface area (Å²) >= 11 is 0. The minimum absolute atomic E-state index is 0.0475. The Morgan fingerprint density at radius 3 is 1.75 bits per heavy atom. The van der Waals surface area contributed by atoms with Crippen LogP contribution in [0.25, 0.3) is 0 Å². The van der Waals surface area contributed by atoms with Crippen molar-refractivity contribution in [1.82, 2.24) is 4.98 Å². The third-order valence-corrected chi connectivity index (χ3v) is 3.39. The smallest absolute Gasteiger partial charge is 0.109 e. The molecule has 0 saturated carbocycles. The highest BCUT2D eigenvalue weighted by Gasteiger charge is 2.19. The van der Waals surface area contributed by atoms with Crippen molar-refractivity contribution in [1.29, 1.82) is 0 Å². The standard InChI is InChI=1S/C15H25NO8/c17-4-12(21)14(6-19)23-8-10-1-2-11(16-3-10)9-24-15(7-20)13(22)5-18/h1-3,12-15,17-22H,4-9H2. The van der Waals surface area contributed by atoms with E-state index in [2.05, 4.69) is 4.98 Å². The first-order chi connectivity index (χ1) is 11.5. The van der Waals surface area contributed by atoms with Gasteiger partial charge in [0, 0.05) is 6.20 Å². The number of pyridine rings is 1. The molecule has 0 amide bonds. The molecule has 1 rings (SSSR count). The van der Waals surface area contributed by atoms with Gasteiger partial charge >= 0.3 is 0 Å². The molecule has 6 N–H and O–H groups in total. The minimum Gasteiger partial charge on any atom is -0.394 e. The zero-order valence-electron chi connectivity index (χ0n) is 13.2. The first kappa shape index (κ1) is 20.9. The average Bonchev–Trinajstić information content (AvgIpc) is 2.63. The van der Waals surface area contributed by atoms with E-state index in [1.54, 1.807) is 12.1 Å². The molecule has 0 aromatic carbocycles. The zero-order chi connectivity index (χ0) is 17.9. The summed E-state index contributed by atoms with van der Waals surface area (Å²) in [6.45, 7) is -1.73. The Labute approximate surface area is 139 Å². The molecule has 0 aliphatic carbocycles. The molecule has 4 atom stereocenters. The van der Waals surface area contributed by atoms with Gasteiger partial charge in [0.15, 0.2) is 0 Å². The molecule has 0 aliphatic rings. The molecule has 1 heterocycles. The quantitative estimate of drug-likeness (QED) is 0.242. The van der Waals surface area contributed by atoms with Gasteiger partial charge in [0.25, 0.3) is 0 Å². The molecular weight excluding hydrogens is 322 g/mol. The number of aliphatic hydroxyl groups is 6. The van der Waals surface area contributed by atoms with Crippen LogP contribution in [-0.4, -0.2) is 86.5 Å². The predicted octanol–water partition coefficient (Wildman–Crippen LogP) is -2.46. The normalized spacial score (nSPS) is 16.6. The van der Waals surface area contributed by atoms with Crippen LogP contribution in [0.15, 0.2) is 18.3 Å². The van der Waals surface area contributed by atoms with Gasteiger partial charge in [-0.05, 0) is 11.6 Å². The Hall–Kier alpha value is -1.17. The largest absolute Gasteiger partial charge is 0.394 e. The van der Waals surface area contributed by atoms with Crippen LogP contribution in [0.2, 0.25) is 0 Å². The lowest BCUT2D eigenvalue weighted by Gasteiger charge is -2.20. The summed E-state index contributed by atoms with van der Waals surface area (Å²) in [5.41, 5.74) is 1.24. The maximum atomic E-state index is 9.42. The van der Waals surface area contributed by atoms with Gasteiger partial charge in [-0.3, -0.25) is 4.98 Å². The summed E-state index contributed by atoms with van der Waals surface area (Å²) in [4.78, 5) is 4.13. The van der Waals surface area contributed by atoms with Gasteiger partial charge < -0.3 is 40.1 Å². The molecule has 0 bridgehead atoms. The number of hydrogen-bond acceptors (Lipinski definition) is 9. The second kappa shape index (κ2) is 11.4. The van der Waals surface area contributed by atoms with E-state index in [9.17, 15) is 10.2 Å². The first-order valence-corrected chi connectivity index (χ1v) is 7.52. The molecule has 4 unspecified atom stereocenters. The molecule has 1 aromatic heterocycles. The van der Waals surface area contributed by atoms with Crippen LogP contribution in [0, 0.1) is 0 Å². The van der Waals surface area contributed by atoms with E-state index in [4.69, 9.17) is 29.9 Å². The summed E-state index contributed by atoms with van der Waals surface area (Å²) in [6.07, 6.45) is -2.59. The SMILES string of the molecule is OCC(O)C(CO)OCc1ccc(COC(CO)C(O)CO)nc1. The molecular formula is C15H25NO8. The Morgan fingerprint density at radius 2 is 1.33 bits per heavy atom.